The molecular weight excluding hydrogens is 304 g/mol. The Kier molecular flexibility index (Phi) is 4.29. The fourth-order valence-electron chi connectivity index (χ4n) is 4.23. The van der Waals surface area contributed by atoms with Crippen molar-refractivity contribution in [3.05, 3.63) is 36.0 Å². The molecule has 2 heterocycles. The molecule has 1 saturated carbocycles. The minimum absolute atomic E-state index is 0.105. The molecule has 1 saturated heterocycles. The topological polar surface area (TPSA) is 65.6 Å². The summed E-state index contributed by atoms with van der Waals surface area (Å²) < 4.78 is 5.81. The number of carbonyl (C=O) groups is 1. The molecule has 0 bridgehead atoms. The number of hydrogen-bond acceptors (Lipinski definition) is 3. The van der Waals surface area contributed by atoms with Gasteiger partial charge in [0.15, 0.2) is 0 Å². The van der Waals surface area contributed by atoms with Crippen LogP contribution in [0.25, 0.3) is 10.9 Å². The maximum atomic E-state index is 12.8. The highest BCUT2D eigenvalue weighted by molar-refractivity contribution is 5.84. The van der Waals surface area contributed by atoms with Gasteiger partial charge >= 0.3 is 0 Å². The highest BCUT2D eigenvalue weighted by Gasteiger charge is 2.42. The Balaban J connectivity index is 1.42. The van der Waals surface area contributed by atoms with Crippen molar-refractivity contribution >= 4 is 16.8 Å². The molecule has 1 aliphatic carbocycles. The summed E-state index contributed by atoms with van der Waals surface area (Å²) in [5.74, 6) is 0.471. The van der Waals surface area contributed by atoms with Crippen molar-refractivity contribution in [3.8, 4) is 0 Å². The van der Waals surface area contributed by atoms with Crippen LogP contribution in [0.3, 0.4) is 0 Å². The second-order valence-corrected chi connectivity index (χ2v) is 6.94. The van der Waals surface area contributed by atoms with E-state index >= 15 is 0 Å². The average molecular weight is 328 g/mol. The Morgan fingerprint density at radius 1 is 1.33 bits per heavy atom. The van der Waals surface area contributed by atoms with Crippen LogP contribution in [-0.2, 0) is 16.0 Å². The number of aromatic amines is 1. The first-order valence-corrected chi connectivity index (χ1v) is 8.83. The smallest absolute Gasteiger partial charge is 0.223 e. The van der Waals surface area contributed by atoms with Gasteiger partial charge in [-0.25, -0.2) is 0 Å². The minimum Gasteiger partial charge on any atom is -0.396 e. The van der Waals surface area contributed by atoms with Gasteiger partial charge in [-0.3, -0.25) is 4.79 Å². The van der Waals surface area contributed by atoms with Crippen LogP contribution in [0.1, 0.15) is 24.8 Å². The Morgan fingerprint density at radius 2 is 2.21 bits per heavy atom. The molecule has 2 fully saturated rings. The number of benzene rings is 1. The normalized spacial score (nSPS) is 26.7. The molecule has 2 aromatic rings. The number of hydrogen-bond donors (Lipinski definition) is 2. The van der Waals surface area contributed by atoms with Gasteiger partial charge in [-0.05, 0) is 36.8 Å². The van der Waals surface area contributed by atoms with Gasteiger partial charge in [0.05, 0.1) is 18.8 Å². The monoisotopic (exact) mass is 328 g/mol. The van der Waals surface area contributed by atoms with Crippen molar-refractivity contribution in [2.75, 3.05) is 19.8 Å². The quantitative estimate of drug-likeness (QED) is 0.903. The van der Waals surface area contributed by atoms with E-state index in [0.717, 1.165) is 24.8 Å². The van der Waals surface area contributed by atoms with Gasteiger partial charge in [-0.2, -0.15) is 0 Å². The van der Waals surface area contributed by atoms with Crippen LogP contribution < -0.4 is 0 Å². The Hall–Kier alpha value is -1.85. The summed E-state index contributed by atoms with van der Waals surface area (Å²) in [4.78, 5) is 18.0. The summed E-state index contributed by atoms with van der Waals surface area (Å²) in [7, 11) is 0. The largest absolute Gasteiger partial charge is 0.396 e. The van der Waals surface area contributed by atoms with E-state index in [1.807, 2.05) is 23.2 Å². The van der Waals surface area contributed by atoms with Crippen molar-refractivity contribution in [3.63, 3.8) is 0 Å². The predicted octanol–water partition coefficient (Wildman–Crippen LogP) is 2.10. The van der Waals surface area contributed by atoms with E-state index in [4.69, 9.17) is 4.74 Å². The molecule has 24 heavy (non-hydrogen) atoms. The van der Waals surface area contributed by atoms with E-state index in [9.17, 15) is 9.90 Å². The van der Waals surface area contributed by atoms with Gasteiger partial charge in [0, 0.05) is 36.7 Å². The number of nitrogens with one attached hydrogen (secondary N) is 1. The molecule has 1 aliphatic heterocycles. The van der Waals surface area contributed by atoms with Crippen LogP contribution in [0.2, 0.25) is 0 Å². The van der Waals surface area contributed by atoms with Crippen molar-refractivity contribution < 1.29 is 14.6 Å². The van der Waals surface area contributed by atoms with E-state index in [0.29, 0.717) is 19.6 Å². The number of aryl methyl sites for hydroxylation is 1. The number of H-pyrrole nitrogens is 1. The maximum Gasteiger partial charge on any atom is 0.223 e. The number of aliphatic hydroxyl groups excluding tert-OH is 1. The highest BCUT2D eigenvalue weighted by atomic mass is 16.5. The summed E-state index contributed by atoms with van der Waals surface area (Å²) >= 11 is 0. The van der Waals surface area contributed by atoms with Gasteiger partial charge in [0.25, 0.3) is 0 Å². The lowest BCUT2D eigenvalue weighted by Gasteiger charge is -2.37. The number of carbonyl (C=O) groups excluding carboxylic acids is 1. The lowest BCUT2D eigenvalue weighted by molar-refractivity contribution is -0.143. The first-order valence-electron chi connectivity index (χ1n) is 8.83. The summed E-state index contributed by atoms with van der Waals surface area (Å²) in [6.07, 6.45) is 5.12. The number of rotatable bonds is 4. The van der Waals surface area contributed by atoms with E-state index in [1.165, 1.54) is 10.9 Å². The molecule has 1 aromatic heterocycles. The van der Waals surface area contributed by atoms with Crippen LogP contribution >= 0.6 is 0 Å². The van der Waals surface area contributed by atoms with Crippen molar-refractivity contribution in [1.29, 1.82) is 0 Å². The molecule has 5 heteroatoms. The molecule has 2 N–H and O–H groups in total. The zero-order chi connectivity index (χ0) is 16.5. The SMILES string of the molecule is O=C(CCc1c[nH]c2ccccc12)N1CCOC2C[C@H](CO)C[C@@H]21. The number of ether oxygens (including phenoxy) is 1. The zero-order valence-corrected chi connectivity index (χ0v) is 13.8. The number of amides is 1. The van der Waals surface area contributed by atoms with Gasteiger partial charge in [0.2, 0.25) is 5.91 Å². The van der Waals surface area contributed by atoms with Crippen LogP contribution in [0.5, 0.6) is 0 Å². The number of para-hydroxylation sites is 1. The van der Waals surface area contributed by atoms with E-state index in [-0.39, 0.29) is 30.6 Å². The standard InChI is InChI=1S/C19H24N2O3/c22-12-13-9-17-18(10-13)24-8-7-21(17)19(23)6-5-14-11-20-16-4-2-1-3-15(14)16/h1-4,11,13,17-18,20,22H,5-10,12H2/t13-,17+,18?/m1/s1. The van der Waals surface area contributed by atoms with Gasteiger partial charge in [-0.1, -0.05) is 18.2 Å². The van der Waals surface area contributed by atoms with Gasteiger partial charge in [-0.15, -0.1) is 0 Å². The lowest BCUT2D eigenvalue weighted by atomic mass is 10.1. The minimum atomic E-state index is 0.105. The number of aliphatic hydroxyl groups is 1. The molecule has 1 unspecified atom stereocenters. The number of nitrogens with zero attached hydrogens (tertiary/aromatic N) is 1. The van der Waals surface area contributed by atoms with Crippen molar-refractivity contribution in [2.24, 2.45) is 5.92 Å². The predicted molar refractivity (Wildman–Crippen MR) is 91.7 cm³/mol. The summed E-state index contributed by atoms with van der Waals surface area (Å²) in [5.41, 5.74) is 2.32. The molecule has 2 aliphatic rings. The van der Waals surface area contributed by atoms with Crippen LogP contribution in [-0.4, -0.2) is 52.8 Å². The zero-order valence-electron chi connectivity index (χ0n) is 13.8. The second kappa shape index (κ2) is 6.57. The van der Waals surface area contributed by atoms with Crippen LogP contribution in [0, 0.1) is 5.92 Å². The van der Waals surface area contributed by atoms with E-state index in [2.05, 4.69) is 17.1 Å². The Labute approximate surface area is 141 Å². The van der Waals surface area contributed by atoms with Crippen LogP contribution in [0.15, 0.2) is 30.5 Å². The second-order valence-electron chi connectivity index (χ2n) is 6.94. The molecule has 0 radical (unpaired) electrons. The first kappa shape index (κ1) is 15.7. The van der Waals surface area contributed by atoms with E-state index < -0.39 is 0 Å². The average Bonchev–Trinajstić information content (AvgIpc) is 3.23. The molecule has 1 aromatic carbocycles. The third-order valence-corrected chi connectivity index (χ3v) is 5.50. The lowest BCUT2D eigenvalue weighted by Crippen LogP contribution is -2.51. The van der Waals surface area contributed by atoms with Gasteiger partial charge in [0.1, 0.15) is 0 Å². The maximum absolute atomic E-state index is 12.8. The Bertz CT molecular complexity index is 726. The molecule has 0 spiro atoms. The van der Waals surface area contributed by atoms with Crippen molar-refractivity contribution in [2.45, 2.75) is 37.8 Å². The summed E-state index contributed by atoms with van der Waals surface area (Å²) in [6, 6.07) is 8.34. The van der Waals surface area contributed by atoms with Crippen LogP contribution in [0.4, 0.5) is 0 Å². The first-order chi connectivity index (χ1) is 11.8. The van der Waals surface area contributed by atoms with Crippen molar-refractivity contribution in [1.82, 2.24) is 9.88 Å². The molecule has 5 nitrogen and oxygen atoms in total. The molecule has 128 valence electrons. The third-order valence-electron chi connectivity index (χ3n) is 5.50. The fourth-order valence-corrected chi connectivity index (χ4v) is 4.23. The molecule has 3 atom stereocenters. The van der Waals surface area contributed by atoms with Gasteiger partial charge < -0.3 is 19.7 Å². The highest BCUT2D eigenvalue weighted by Crippen LogP contribution is 2.34. The number of aromatic nitrogens is 1. The Morgan fingerprint density at radius 3 is 3.08 bits per heavy atom. The molecular formula is C19H24N2O3. The van der Waals surface area contributed by atoms with E-state index in [1.54, 1.807) is 0 Å². The third kappa shape index (κ3) is 2.82. The summed E-state index contributed by atoms with van der Waals surface area (Å²) in [6.45, 7) is 1.47. The molecule has 1 amide bonds. The molecule has 4 rings (SSSR count). The number of fused-ring (bicyclic) bond motifs is 2. The number of morpholine rings is 1. The fraction of sp³-hybridized carbons (Fsp3) is 0.526. The summed E-state index contributed by atoms with van der Waals surface area (Å²) in [5, 5.41) is 10.6.